The summed E-state index contributed by atoms with van der Waals surface area (Å²) in [5.74, 6) is 1.99. The number of hydrogen-bond acceptors (Lipinski definition) is 6. The largest absolute Gasteiger partial charge is 0.485 e. The molecule has 0 radical (unpaired) electrons. The van der Waals surface area contributed by atoms with Gasteiger partial charge in [-0.2, -0.15) is 0 Å². The molecule has 24 heavy (non-hydrogen) atoms. The summed E-state index contributed by atoms with van der Waals surface area (Å²) in [5, 5.41) is 0. The Balaban J connectivity index is 1.37. The number of fused-ring (bicyclic) bond motifs is 1. The molecule has 2 aromatic rings. The molecular formula is C17H18N4O3. The quantitative estimate of drug-likeness (QED) is 0.819. The number of carbonyl (C=O) groups excluding carboxylic acids is 1. The van der Waals surface area contributed by atoms with Crippen LogP contribution in [0, 0.1) is 0 Å². The van der Waals surface area contributed by atoms with Gasteiger partial charge in [-0.15, -0.1) is 0 Å². The van der Waals surface area contributed by atoms with Crippen LogP contribution in [0.15, 0.2) is 42.7 Å². The van der Waals surface area contributed by atoms with Crippen LogP contribution in [-0.2, 0) is 4.79 Å². The number of carbonyl (C=O) groups is 1. The van der Waals surface area contributed by atoms with E-state index in [2.05, 4.69) is 14.9 Å². The maximum absolute atomic E-state index is 12.7. The minimum Gasteiger partial charge on any atom is -0.485 e. The number of hydrogen-bond donors (Lipinski definition) is 0. The zero-order chi connectivity index (χ0) is 16.4. The van der Waals surface area contributed by atoms with Crippen molar-refractivity contribution in [3.63, 3.8) is 0 Å². The molecule has 3 heterocycles. The highest BCUT2D eigenvalue weighted by Gasteiger charge is 2.32. The van der Waals surface area contributed by atoms with Crippen molar-refractivity contribution in [2.45, 2.75) is 6.10 Å². The topological polar surface area (TPSA) is 67.8 Å². The average Bonchev–Trinajstić information content (AvgIpc) is 2.68. The third kappa shape index (κ3) is 2.84. The zero-order valence-electron chi connectivity index (χ0n) is 13.2. The Bertz CT molecular complexity index is 717. The monoisotopic (exact) mass is 326 g/mol. The number of nitrogens with zero attached hydrogens (tertiary/aromatic N) is 4. The summed E-state index contributed by atoms with van der Waals surface area (Å²) < 4.78 is 11.4. The number of benzene rings is 1. The van der Waals surface area contributed by atoms with Crippen molar-refractivity contribution in [3.05, 3.63) is 42.7 Å². The molecule has 7 heteroatoms. The fraction of sp³-hybridized carbons (Fsp3) is 0.353. The SMILES string of the molecule is O=C(C1COc2ccccc2O1)N1CCN(c2ncccn2)CC1. The van der Waals surface area contributed by atoms with Crippen LogP contribution in [-0.4, -0.2) is 59.7 Å². The second-order valence-electron chi connectivity index (χ2n) is 5.73. The van der Waals surface area contributed by atoms with Crippen molar-refractivity contribution < 1.29 is 14.3 Å². The fourth-order valence-corrected chi connectivity index (χ4v) is 2.93. The minimum atomic E-state index is -0.584. The molecule has 1 saturated heterocycles. The summed E-state index contributed by atoms with van der Waals surface area (Å²) in [4.78, 5) is 25.1. The van der Waals surface area contributed by atoms with E-state index in [1.54, 1.807) is 18.5 Å². The smallest absolute Gasteiger partial charge is 0.267 e. The van der Waals surface area contributed by atoms with Crippen LogP contribution >= 0.6 is 0 Å². The molecule has 0 saturated carbocycles. The van der Waals surface area contributed by atoms with E-state index in [4.69, 9.17) is 9.47 Å². The number of rotatable bonds is 2. The van der Waals surface area contributed by atoms with Crippen molar-refractivity contribution in [3.8, 4) is 11.5 Å². The third-order valence-corrected chi connectivity index (χ3v) is 4.21. The molecule has 1 unspecified atom stereocenters. The molecular weight excluding hydrogens is 308 g/mol. The van der Waals surface area contributed by atoms with E-state index < -0.39 is 6.10 Å². The Morgan fingerprint density at radius 1 is 1.00 bits per heavy atom. The number of ether oxygens (including phenoxy) is 2. The molecule has 2 aliphatic heterocycles. The maximum Gasteiger partial charge on any atom is 0.267 e. The Hall–Kier alpha value is -2.83. The van der Waals surface area contributed by atoms with Gasteiger partial charge in [-0.1, -0.05) is 12.1 Å². The highest BCUT2D eigenvalue weighted by molar-refractivity contribution is 5.82. The molecule has 1 amide bonds. The third-order valence-electron chi connectivity index (χ3n) is 4.21. The van der Waals surface area contributed by atoms with E-state index in [9.17, 15) is 4.79 Å². The number of anilines is 1. The fourth-order valence-electron chi connectivity index (χ4n) is 2.93. The summed E-state index contributed by atoms with van der Waals surface area (Å²) >= 11 is 0. The van der Waals surface area contributed by atoms with Crippen molar-refractivity contribution >= 4 is 11.9 Å². The predicted molar refractivity (Wildman–Crippen MR) is 87.2 cm³/mol. The van der Waals surface area contributed by atoms with Crippen molar-refractivity contribution in [1.82, 2.24) is 14.9 Å². The van der Waals surface area contributed by atoms with Crippen LogP contribution < -0.4 is 14.4 Å². The first-order valence-electron chi connectivity index (χ1n) is 8.00. The van der Waals surface area contributed by atoms with Gasteiger partial charge in [-0.05, 0) is 18.2 Å². The van der Waals surface area contributed by atoms with Crippen LogP contribution in [0.2, 0.25) is 0 Å². The Labute approximate surface area is 139 Å². The summed E-state index contributed by atoms with van der Waals surface area (Å²) in [5.41, 5.74) is 0. The first kappa shape index (κ1) is 14.7. The van der Waals surface area contributed by atoms with Gasteiger partial charge >= 0.3 is 0 Å². The highest BCUT2D eigenvalue weighted by atomic mass is 16.6. The predicted octanol–water partition coefficient (Wildman–Crippen LogP) is 0.965. The number of aromatic nitrogens is 2. The van der Waals surface area contributed by atoms with Crippen molar-refractivity contribution in [2.75, 3.05) is 37.7 Å². The molecule has 0 N–H and O–H groups in total. The standard InChI is InChI=1S/C17H18N4O3/c22-16(15-12-23-13-4-1-2-5-14(13)24-15)20-8-10-21(11-9-20)17-18-6-3-7-19-17/h1-7,15H,8-12H2. The van der Waals surface area contributed by atoms with Crippen LogP contribution in [0.25, 0.3) is 0 Å². The second kappa shape index (κ2) is 6.35. The van der Waals surface area contributed by atoms with E-state index in [0.717, 1.165) is 0 Å². The lowest BCUT2D eigenvalue weighted by atomic mass is 10.2. The van der Waals surface area contributed by atoms with Gasteiger partial charge < -0.3 is 19.3 Å². The summed E-state index contributed by atoms with van der Waals surface area (Å²) in [6.07, 6.45) is 2.87. The number of amides is 1. The summed E-state index contributed by atoms with van der Waals surface area (Å²) in [6, 6.07) is 9.21. The van der Waals surface area contributed by atoms with Gasteiger partial charge in [0.15, 0.2) is 11.5 Å². The average molecular weight is 326 g/mol. The molecule has 0 aliphatic carbocycles. The summed E-state index contributed by atoms with van der Waals surface area (Å²) in [7, 11) is 0. The zero-order valence-corrected chi connectivity index (χ0v) is 13.2. The van der Waals surface area contributed by atoms with Crippen LogP contribution in [0.1, 0.15) is 0 Å². The normalized spacial score (nSPS) is 19.9. The Kier molecular flexibility index (Phi) is 3.90. The molecule has 1 atom stereocenters. The van der Waals surface area contributed by atoms with E-state index in [1.807, 2.05) is 29.2 Å². The van der Waals surface area contributed by atoms with Gasteiger partial charge in [0.05, 0.1) is 0 Å². The lowest BCUT2D eigenvalue weighted by Crippen LogP contribution is -2.54. The highest BCUT2D eigenvalue weighted by Crippen LogP contribution is 2.31. The van der Waals surface area contributed by atoms with E-state index >= 15 is 0 Å². The lowest BCUT2D eigenvalue weighted by molar-refractivity contribution is -0.141. The first-order valence-corrected chi connectivity index (χ1v) is 8.00. The van der Waals surface area contributed by atoms with E-state index in [-0.39, 0.29) is 12.5 Å². The molecule has 4 rings (SSSR count). The maximum atomic E-state index is 12.7. The number of piperazine rings is 1. The molecule has 1 fully saturated rings. The molecule has 0 spiro atoms. The second-order valence-corrected chi connectivity index (χ2v) is 5.73. The molecule has 7 nitrogen and oxygen atoms in total. The minimum absolute atomic E-state index is 0.0295. The number of para-hydroxylation sites is 2. The molecule has 1 aromatic carbocycles. The molecule has 2 aliphatic rings. The molecule has 1 aromatic heterocycles. The van der Waals surface area contributed by atoms with Crippen LogP contribution in [0.3, 0.4) is 0 Å². The first-order chi connectivity index (χ1) is 11.8. The van der Waals surface area contributed by atoms with Crippen LogP contribution in [0.4, 0.5) is 5.95 Å². The lowest BCUT2D eigenvalue weighted by Gasteiger charge is -2.37. The van der Waals surface area contributed by atoms with Gasteiger partial charge in [0, 0.05) is 38.6 Å². The van der Waals surface area contributed by atoms with Gasteiger partial charge in [0.25, 0.3) is 5.91 Å². The van der Waals surface area contributed by atoms with Gasteiger partial charge in [-0.25, -0.2) is 9.97 Å². The van der Waals surface area contributed by atoms with Crippen molar-refractivity contribution in [2.24, 2.45) is 0 Å². The Morgan fingerprint density at radius 3 is 2.46 bits per heavy atom. The van der Waals surface area contributed by atoms with Gasteiger partial charge in [0.1, 0.15) is 6.61 Å². The Morgan fingerprint density at radius 2 is 1.71 bits per heavy atom. The van der Waals surface area contributed by atoms with Gasteiger partial charge in [0.2, 0.25) is 12.1 Å². The van der Waals surface area contributed by atoms with E-state index in [0.29, 0.717) is 43.6 Å². The van der Waals surface area contributed by atoms with Gasteiger partial charge in [-0.3, -0.25) is 4.79 Å². The molecule has 124 valence electrons. The molecule has 0 bridgehead atoms. The summed E-state index contributed by atoms with van der Waals surface area (Å²) in [6.45, 7) is 2.91. The van der Waals surface area contributed by atoms with E-state index in [1.165, 1.54) is 0 Å². The van der Waals surface area contributed by atoms with Crippen LogP contribution in [0.5, 0.6) is 11.5 Å². The van der Waals surface area contributed by atoms with Crippen molar-refractivity contribution in [1.29, 1.82) is 0 Å².